The average molecular weight is 226 g/mol. The van der Waals surface area contributed by atoms with Gasteiger partial charge in [-0.15, -0.1) is 0 Å². The lowest BCUT2D eigenvalue weighted by molar-refractivity contribution is 0.0971. The van der Waals surface area contributed by atoms with Crippen molar-refractivity contribution in [2.45, 2.75) is 0 Å². The molecule has 1 N–H and O–H groups in total. The Morgan fingerprint density at radius 2 is 2.07 bits per heavy atom. The van der Waals surface area contributed by atoms with Crippen LogP contribution in [0.3, 0.4) is 0 Å². The number of nitrogens with zero attached hydrogens (tertiary/aromatic N) is 2. The van der Waals surface area contributed by atoms with Crippen molar-refractivity contribution in [1.29, 1.82) is 0 Å². The van der Waals surface area contributed by atoms with Crippen molar-refractivity contribution in [2.75, 3.05) is 7.05 Å². The second-order valence-electron chi connectivity index (χ2n) is 3.13. The van der Waals surface area contributed by atoms with Crippen molar-refractivity contribution in [1.82, 2.24) is 15.1 Å². The molecule has 0 radical (unpaired) electrons. The van der Waals surface area contributed by atoms with E-state index in [-0.39, 0.29) is 33.6 Å². The van der Waals surface area contributed by atoms with E-state index in [2.05, 4.69) is 10.4 Å². The van der Waals surface area contributed by atoms with E-state index in [1.54, 1.807) is 14.1 Å². The maximum absolute atomic E-state index is 11.8. The summed E-state index contributed by atoms with van der Waals surface area (Å²) in [7, 11) is 3.14. The maximum Gasteiger partial charge on any atom is 0.225 e. The first-order valence-electron chi connectivity index (χ1n) is 4.26. The normalized spacial score (nSPS) is 15.7. The zero-order chi connectivity index (χ0) is 11.2. The van der Waals surface area contributed by atoms with E-state index >= 15 is 0 Å². The number of fused-ring (bicyclic) bond motifs is 1. The average Bonchev–Trinajstić information content (AvgIpc) is 2.58. The molecule has 0 aliphatic heterocycles. The zero-order valence-corrected chi connectivity index (χ0v) is 8.92. The highest BCUT2D eigenvalue weighted by atomic mass is 35.5. The molecule has 0 aromatic carbocycles. The number of nitrogens with one attached hydrogen (secondary N) is 1. The molecule has 0 saturated heterocycles. The molecule has 1 aromatic rings. The van der Waals surface area contributed by atoms with Crippen LogP contribution in [0.4, 0.5) is 0 Å². The van der Waals surface area contributed by atoms with Gasteiger partial charge in [0.2, 0.25) is 11.6 Å². The van der Waals surface area contributed by atoms with Gasteiger partial charge in [-0.05, 0) is 0 Å². The molecular weight excluding hydrogens is 218 g/mol. The summed E-state index contributed by atoms with van der Waals surface area (Å²) in [6, 6.07) is 0. The van der Waals surface area contributed by atoms with Gasteiger partial charge in [-0.2, -0.15) is 5.10 Å². The van der Waals surface area contributed by atoms with E-state index in [0.717, 1.165) is 0 Å². The standard InChI is InChI=1S/C9H8ClN3O2/c1-11-6-5(10)9(15)7-4(8(6)14)3-12-13(7)2/h3,11H,1-2H3. The summed E-state index contributed by atoms with van der Waals surface area (Å²) in [5, 5.41) is 6.40. The van der Waals surface area contributed by atoms with E-state index in [0.29, 0.717) is 0 Å². The van der Waals surface area contributed by atoms with Gasteiger partial charge in [0.05, 0.1) is 11.8 Å². The van der Waals surface area contributed by atoms with Crippen LogP contribution < -0.4 is 5.32 Å². The van der Waals surface area contributed by atoms with Crippen LogP contribution in [0.25, 0.3) is 0 Å². The third kappa shape index (κ3) is 1.20. The lowest BCUT2D eigenvalue weighted by Gasteiger charge is -2.14. The van der Waals surface area contributed by atoms with Gasteiger partial charge >= 0.3 is 0 Å². The van der Waals surface area contributed by atoms with Gasteiger partial charge in [-0.3, -0.25) is 14.3 Å². The first-order valence-corrected chi connectivity index (χ1v) is 4.64. The second kappa shape index (κ2) is 3.20. The lowest BCUT2D eigenvalue weighted by Crippen LogP contribution is -2.27. The molecule has 5 nitrogen and oxygen atoms in total. The van der Waals surface area contributed by atoms with Gasteiger partial charge in [-0.25, -0.2) is 0 Å². The predicted octanol–water partition coefficient (Wildman–Crippen LogP) is 0.469. The number of rotatable bonds is 1. The minimum atomic E-state index is -0.379. The van der Waals surface area contributed by atoms with E-state index in [4.69, 9.17) is 11.6 Å². The molecular formula is C9H8ClN3O2. The predicted molar refractivity (Wildman–Crippen MR) is 53.8 cm³/mol. The van der Waals surface area contributed by atoms with Crippen molar-refractivity contribution in [2.24, 2.45) is 7.05 Å². The van der Waals surface area contributed by atoms with Crippen LogP contribution in [-0.2, 0) is 7.05 Å². The molecule has 15 heavy (non-hydrogen) atoms. The molecule has 0 spiro atoms. The molecule has 6 heteroatoms. The van der Waals surface area contributed by atoms with Gasteiger partial charge in [0.25, 0.3) is 0 Å². The summed E-state index contributed by atoms with van der Waals surface area (Å²) >= 11 is 5.79. The quantitative estimate of drug-likeness (QED) is 0.755. The van der Waals surface area contributed by atoms with Crippen LogP contribution in [0.1, 0.15) is 20.8 Å². The van der Waals surface area contributed by atoms with Crippen LogP contribution in [0.15, 0.2) is 16.9 Å². The summed E-state index contributed by atoms with van der Waals surface area (Å²) in [6.45, 7) is 0. The van der Waals surface area contributed by atoms with E-state index in [1.807, 2.05) is 0 Å². The first-order chi connectivity index (χ1) is 7.07. The lowest BCUT2D eigenvalue weighted by atomic mass is 9.99. The Morgan fingerprint density at radius 3 is 2.67 bits per heavy atom. The molecule has 0 atom stereocenters. The van der Waals surface area contributed by atoms with E-state index in [1.165, 1.54) is 10.9 Å². The van der Waals surface area contributed by atoms with Crippen LogP contribution in [-0.4, -0.2) is 28.4 Å². The number of ketones is 2. The molecule has 1 heterocycles. The van der Waals surface area contributed by atoms with Crippen molar-refractivity contribution in [3.05, 3.63) is 28.2 Å². The molecule has 0 amide bonds. The number of carbonyl (C=O) groups excluding carboxylic acids is 2. The minimum Gasteiger partial charge on any atom is -0.384 e. The number of halogens is 1. The summed E-state index contributed by atoms with van der Waals surface area (Å²) in [4.78, 5) is 23.6. The Bertz CT molecular complexity index is 501. The zero-order valence-electron chi connectivity index (χ0n) is 8.17. The Morgan fingerprint density at radius 1 is 1.40 bits per heavy atom. The van der Waals surface area contributed by atoms with Gasteiger partial charge in [-0.1, -0.05) is 11.6 Å². The van der Waals surface area contributed by atoms with Crippen molar-refractivity contribution < 1.29 is 9.59 Å². The molecule has 1 aliphatic carbocycles. The third-order valence-electron chi connectivity index (χ3n) is 2.29. The monoisotopic (exact) mass is 225 g/mol. The largest absolute Gasteiger partial charge is 0.384 e. The molecule has 0 bridgehead atoms. The summed E-state index contributed by atoms with van der Waals surface area (Å²) in [5.41, 5.74) is 0.655. The van der Waals surface area contributed by atoms with E-state index in [9.17, 15) is 9.59 Å². The fourth-order valence-corrected chi connectivity index (χ4v) is 1.82. The first kappa shape index (κ1) is 9.92. The van der Waals surface area contributed by atoms with Crippen molar-refractivity contribution in [3.63, 3.8) is 0 Å². The van der Waals surface area contributed by atoms with Gasteiger partial charge < -0.3 is 5.32 Å². The number of allylic oxidation sites excluding steroid dienone is 2. The summed E-state index contributed by atoms with van der Waals surface area (Å²) in [6.07, 6.45) is 1.37. The maximum atomic E-state index is 11.8. The Kier molecular flexibility index (Phi) is 2.12. The Labute approximate surface area is 90.7 Å². The van der Waals surface area contributed by atoms with Crippen molar-refractivity contribution >= 4 is 23.2 Å². The Balaban J connectivity index is 2.70. The molecule has 0 fully saturated rings. The highest BCUT2D eigenvalue weighted by Crippen LogP contribution is 2.26. The molecule has 0 saturated carbocycles. The second-order valence-corrected chi connectivity index (χ2v) is 3.51. The number of hydrogen-bond donors (Lipinski definition) is 1. The molecule has 78 valence electrons. The fraction of sp³-hybridized carbons (Fsp3) is 0.222. The fourth-order valence-electron chi connectivity index (χ4n) is 1.55. The van der Waals surface area contributed by atoms with E-state index < -0.39 is 0 Å². The molecule has 1 aromatic heterocycles. The van der Waals surface area contributed by atoms with Crippen LogP contribution >= 0.6 is 11.6 Å². The van der Waals surface area contributed by atoms with Crippen LogP contribution in [0, 0.1) is 0 Å². The van der Waals surface area contributed by atoms with Gasteiger partial charge in [0.1, 0.15) is 16.4 Å². The molecule has 1 aliphatic rings. The van der Waals surface area contributed by atoms with Crippen LogP contribution in [0.2, 0.25) is 0 Å². The molecule has 0 unspecified atom stereocenters. The topological polar surface area (TPSA) is 64.0 Å². The van der Waals surface area contributed by atoms with Crippen molar-refractivity contribution in [3.8, 4) is 0 Å². The number of likely N-dealkylation sites (N-methyl/N-ethyl adjacent to an activating group) is 1. The SMILES string of the molecule is CNC1=C(Cl)C(=O)c2c(cnn2C)C1=O. The van der Waals surface area contributed by atoms with Gasteiger partial charge in [0, 0.05) is 14.1 Å². The highest BCUT2D eigenvalue weighted by molar-refractivity contribution is 6.49. The summed E-state index contributed by atoms with van der Waals surface area (Å²) in [5.74, 6) is -0.680. The number of aryl methyl sites for hydroxylation is 1. The number of aromatic nitrogens is 2. The number of Topliss-reactive ketones (excluding diaryl/α,β-unsaturated/α-hetero) is 2. The minimum absolute atomic E-state index is 0.0846. The smallest absolute Gasteiger partial charge is 0.225 e. The third-order valence-corrected chi connectivity index (χ3v) is 2.65. The number of hydrogen-bond acceptors (Lipinski definition) is 4. The highest BCUT2D eigenvalue weighted by Gasteiger charge is 2.33. The van der Waals surface area contributed by atoms with Crippen LogP contribution in [0.5, 0.6) is 0 Å². The summed E-state index contributed by atoms with van der Waals surface area (Å²) < 4.78 is 1.35. The molecule has 2 rings (SSSR count). The Hall–Kier alpha value is -1.62. The number of carbonyl (C=O) groups is 2. The van der Waals surface area contributed by atoms with Gasteiger partial charge in [0.15, 0.2) is 0 Å².